The molecule has 1 aliphatic rings. The first kappa shape index (κ1) is 9.81. The summed E-state index contributed by atoms with van der Waals surface area (Å²) >= 11 is 6.15. The third-order valence-electron chi connectivity index (χ3n) is 2.75. The van der Waals surface area contributed by atoms with Crippen molar-refractivity contribution in [2.24, 2.45) is 0 Å². The van der Waals surface area contributed by atoms with E-state index in [1.165, 1.54) is 0 Å². The second kappa shape index (κ2) is 3.44. The van der Waals surface area contributed by atoms with Crippen LogP contribution in [-0.2, 0) is 10.3 Å². The van der Waals surface area contributed by atoms with Gasteiger partial charge in [-0.25, -0.2) is 0 Å². The number of hydrogen-bond donors (Lipinski definition) is 0. The van der Waals surface area contributed by atoms with Gasteiger partial charge in [0.15, 0.2) is 0 Å². The largest absolute Gasteiger partial charge is 0.497 e. The van der Waals surface area contributed by atoms with Gasteiger partial charge in [0.05, 0.1) is 24.3 Å². The molecule has 2 nitrogen and oxygen atoms in total. The van der Waals surface area contributed by atoms with Gasteiger partial charge in [0.25, 0.3) is 0 Å². The second-order valence-corrected chi connectivity index (χ2v) is 4.08. The van der Waals surface area contributed by atoms with E-state index < -0.39 is 0 Å². The molecule has 1 unspecified atom stereocenters. The fraction of sp³-hybridized carbons (Fsp3) is 0.455. The summed E-state index contributed by atoms with van der Waals surface area (Å²) in [6, 6.07) is 5.71. The van der Waals surface area contributed by atoms with Crippen molar-refractivity contribution < 1.29 is 9.47 Å². The van der Waals surface area contributed by atoms with Crippen LogP contribution in [0.1, 0.15) is 18.9 Å². The maximum atomic E-state index is 6.15. The molecule has 0 bridgehead atoms. The van der Waals surface area contributed by atoms with Crippen LogP contribution in [0.25, 0.3) is 0 Å². The summed E-state index contributed by atoms with van der Waals surface area (Å²) in [5.74, 6) is 0.779. The second-order valence-electron chi connectivity index (χ2n) is 3.68. The lowest BCUT2D eigenvalue weighted by Crippen LogP contribution is -2.37. The Morgan fingerprint density at radius 3 is 2.64 bits per heavy atom. The van der Waals surface area contributed by atoms with Crippen molar-refractivity contribution in [2.45, 2.75) is 18.9 Å². The molecule has 1 aromatic carbocycles. The average molecular weight is 213 g/mol. The lowest BCUT2D eigenvalue weighted by Gasteiger charge is -2.39. The van der Waals surface area contributed by atoms with Crippen LogP contribution in [0.5, 0.6) is 5.75 Å². The highest BCUT2D eigenvalue weighted by Crippen LogP contribution is 2.41. The molecule has 0 aromatic heterocycles. The van der Waals surface area contributed by atoms with Crippen molar-refractivity contribution in [3.8, 4) is 5.75 Å². The summed E-state index contributed by atoms with van der Waals surface area (Å²) in [6.07, 6.45) is 1.03. The van der Waals surface area contributed by atoms with Crippen LogP contribution >= 0.6 is 11.6 Å². The number of ether oxygens (including phenoxy) is 2. The summed E-state index contributed by atoms with van der Waals surface area (Å²) in [5, 5.41) is 0.714. The molecule has 1 heterocycles. The van der Waals surface area contributed by atoms with Gasteiger partial charge in [0.2, 0.25) is 0 Å². The van der Waals surface area contributed by atoms with E-state index in [0.717, 1.165) is 24.3 Å². The third-order valence-corrected chi connectivity index (χ3v) is 3.06. The molecule has 3 heteroatoms. The highest BCUT2D eigenvalue weighted by atomic mass is 35.5. The van der Waals surface area contributed by atoms with E-state index in [0.29, 0.717) is 5.02 Å². The third kappa shape index (κ3) is 1.49. The minimum atomic E-state index is -0.191. The minimum absolute atomic E-state index is 0.191. The summed E-state index contributed by atoms with van der Waals surface area (Å²) < 4.78 is 10.6. The van der Waals surface area contributed by atoms with Crippen molar-refractivity contribution in [3.63, 3.8) is 0 Å². The van der Waals surface area contributed by atoms with Crippen molar-refractivity contribution in [2.75, 3.05) is 13.7 Å². The van der Waals surface area contributed by atoms with E-state index in [9.17, 15) is 0 Å². The Bertz CT molecular complexity index is 345. The fourth-order valence-electron chi connectivity index (χ4n) is 1.67. The van der Waals surface area contributed by atoms with Crippen LogP contribution in [0.3, 0.4) is 0 Å². The van der Waals surface area contributed by atoms with E-state index in [1.54, 1.807) is 7.11 Å². The van der Waals surface area contributed by atoms with Gasteiger partial charge in [-0.1, -0.05) is 17.7 Å². The molecule has 1 saturated heterocycles. The molecule has 2 rings (SSSR count). The molecule has 0 spiro atoms. The van der Waals surface area contributed by atoms with E-state index in [-0.39, 0.29) is 5.60 Å². The Kier molecular flexibility index (Phi) is 2.41. The van der Waals surface area contributed by atoms with E-state index in [1.807, 2.05) is 18.2 Å². The topological polar surface area (TPSA) is 18.5 Å². The van der Waals surface area contributed by atoms with Crippen LogP contribution in [0, 0.1) is 0 Å². The molecule has 76 valence electrons. The maximum Gasteiger partial charge on any atom is 0.120 e. The Labute approximate surface area is 88.8 Å². The van der Waals surface area contributed by atoms with Crippen molar-refractivity contribution in [1.29, 1.82) is 0 Å². The van der Waals surface area contributed by atoms with Gasteiger partial charge in [-0.2, -0.15) is 0 Å². The van der Waals surface area contributed by atoms with Crippen LogP contribution in [0.4, 0.5) is 0 Å². The summed E-state index contributed by atoms with van der Waals surface area (Å²) in [7, 11) is 1.63. The van der Waals surface area contributed by atoms with Gasteiger partial charge in [-0.05, 0) is 19.1 Å². The smallest absolute Gasteiger partial charge is 0.120 e. The molecular formula is C11H13ClO2. The number of hydrogen-bond acceptors (Lipinski definition) is 2. The van der Waals surface area contributed by atoms with Crippen LogP contribution in [0.2, 0.25) is 5.02 Å². The predicted octanol–water partition coefficient (Wildman–Crippen LogP) is 2.98. The molecule has 0 amide bonds. The number of halogens is 1. The predicted molar refractivity (Wildman–Crippen MR) is 55.9 cm³/mol. The Morgan fingerprint density at radius 2 is 2.21 bits per heavy atom. The van der Waals surface area contributed by atoms with Gasteiger partial charge >= 0.3 is 0 Å². The van der Waals surface area contributed by atoms with Crippen LogP contribution in [-0.4, -0.2) is 13.7 Å². The molecule has 1 fully saturated rings. The maximum absolute atomic E-state index is 6.15. The Morgan fingerprint density at radius 1 is 1.50 bits per heavy atom. The summed E-state index contributed by atoms with van der Waals surface area (Å²) in [4.78, 5) is 0. The number of rotatable bonds is 2. The first-order valence-electron chi connectivity index (χ1n) is 4.64. The van der Waals surface area contributed by atoms with Gasteiger partial charge in [-0.3, -0.25) is 0 Å². The lowest BCUT2D eigenvalue weighted by atomic mass is 9.88. The molecule has 1 aliphatic heterocycles. The fourth-order valence-corrected chi connectivity index (χ4v) is 2.04. The van der Waals surface area contributed by atoms with E-state index >= 15 is 0 Å². The molecule has 0 N–H and O–H groups in total. The van der Waals surface area contributed by atoms with Gasteiger partial charge < -0.3 is 9.47 Å². The van der Waals surface area contributed by atoms with E-state index in [2.05, 4.69) is 6.92 Å². The zero-order valence-corrected chi connectivity index (χ0v) is 9.10. The zero-order chi connectivity index (χ0) is 10.2. The molecule has 14 heavy (non-hydrogen) atoms. The van der Waals surface area contributed by atoms with Crippen LogP contribution < -0.4 is 4.74 Å². The van der Waals surface area contributed by atoms with E-state index in [4.69, 9.17) is 21.1 Å². The van der Waals surface area contributed by atoms with Gasteiger partial charge in [-0.15, -0.1) is 0 Å². The molecule has 0 saturated carbocycles. The zero-order valence-electron chi connectivity index (χ0n) is 8.34. The number of benzene rings is 1. The van der Waals surface area contributed by atoms with Crippen LogP contribution in [0.15, 0.2) is 18.2 Å². The quantitative estimate of drug-likeness (QED) is 0.751. The van der Waals surface area contributed by atoms with Gasteiger partial charge in [0, 0.05) is 12.0 Å². The van der Waals surface area contributed by atoms with Crippen molar-refractivity contribution in [1.82, 2.24) is 0 Å². The summed E-state index contributed by atoms with van der Waals surface area (Å²) in [6.45, 7) is 2.88. The monoisotopic (exact) mass is 212 g/mol. The molecule has 0 aliphatic carbocycles. The first-order chi connectivity index (χ1) is 6.65. The van der Waals surface area contributed by atoms with Gasteiger partial charge in [0.1, 0.15) is 5.75 Å². The Balaban J connectivity index is 2.35. The highest BCUT2D eigenvalue weighted by Gasteiger charge is 2.36. The lowest BCUT2D eigenvalue weighted by molar-refractivity contribution is -0.140. The SMILES string of the molecule is COc1ccc(C2(C)CCO2)c(Cl)c1. The normalized spacial score (nSPS) is 25.6. The highest BCUT2D eigenvalue weighted by molar-refractivity contribution is 6.31. The summed E-state index contributed by atoms with van der Waals surface area (Å²) in [5.41, 5.74) is 0.856. The average Bonchev–Trinajstić information content (AvgIpc) is 2.14. The standard InChI is InChI=1S/C11H13ClO2/c1-11(5-6-14-11)9-4-3-8(13-2)7-10(9)12/h3-4,7H,5-6H2,1-2H3. The molecular weight excluding hydrogens is 200 g/mol. The number of methoxy groups -OCH3 is 1. The molecule has 1 atom stereocenters. The van der Waals surface area contributed by atoms with Crippen molar-refractivity contribution >= 4 is 11.6 Å². The Hall–Kier alpha value is -0.730. The van der Waals surface area contributed by atoms with Crippen molar-refractivity contribution in [3.05, 3.63) is 28.8 Å². The molecule has 1 aromatic rings. The first-order valence-corrected chi connectivity index (χ1v) is 5.01. The minimum Gasteiger partial charge on any atom is -0.497 e. The molecule has 0 radical (unpaired) electrons.